The molecule has 0 spiro atoms. The van der Waals surface area contributed by atoms with Crippen molar-refractivity contribution in [3.05, 3.63) is 59.9 Å². The number of aromatic nitrogens is 2. The fraction of sp³-hybridized carbons (Fsp3) is 0.273. The van der Waals surface area contributed by atoms with Gasteiger partial charge >= 0.3 is 0 Å². The van der Waals surface area contributed by atoms with E-state index in [1.807, 2.05) is 67.9 Å². The average molecular weight is 379 g/mol. The van der Waals surface area contributed by atoms with Crippen LogP contribution in [0.2, 0.25) is 0 Å². The van der Waals surface area contributed by atoms with Crippen molar-refractivity contribution >= 4 is 23.0 Å². The first kappa shape index (κ1) is 19.5. The number of nitrogens with zero attached hydrogens (tertiary/aromatic N) is 2. The first-order valence-corrected chi connectivity index (χ1v) is 9.19. The number of benzene rings is 2. The van der Waals surface area contributed by atoms with Crippen molar-refractivity contribution in [2.45, 2.75) is 26.5 Å². The lowest BCUT2D eigenvalue weighted by molar-refractivity contribution is -0.116. The summed E-state index contributed by atoms with van der Waals surface area (Å²) < 4.78 is 13.1. The molecule has 0 bridgehead atoms. The number of ether oxygens (including phenoxy) is 2. The highest BCUT2D eigenvalue weighted by atomic mass is 16.5. The van der Waals surface area contributed by atoms with E-state index in [1.165, 1.54) is 6.08 Å². The van der Waals surface area contributed by atoms with Gasteiger partial charge in [-0.05, 0) is 49.8 Å². The molecule has 3 rings (SSSR count). The summed E-state index contributed by atoms with van der Waals surface area (Å²) in [4.78, 5) is 16.7. The number of carbonyl (C=O) groups is 1. The van der Waals surface area contributed by atoms with Crippen molar-refractivity contribution in [2.75, 3.05) is 7.11 Å². The van der Waals surface area contributed by atoms with Crippen molar-refractivity contribution in [3.8, 4) is 11.5 Å². The van der Waals surface area contributed by atoms with E-state index in [4.69, 9.17) is 9.47 Å². The summed E-state index contributed by atoms with van der Waals surface area (Å²) >= 11 is 0. The molecule has 2 aromatic carbocycles. The SMILES string of the molecule is COc1cc(/C=C/C(=O)NCc2nc3ccccc3n2C)ccc1OC(C)C. The number of methoxy groups -OCH3 is 1. The average Bonchev–Trinajstić information content (AvgIpc) is 3.01. The molecule has 146 valence electrons. The molecule has 0 unspecified atom stereocenters. The number of aryl methyl sites for hydroxylation is 1. The van der Waals surface area contributed by atoms with Crippen molar-refractivity contribution < 1.29 is 14.3 Å². The number of rotatable bonds is 7. The summed E-state index contributed by atoms with van der Waals surface area (Å²) in [6, 6.07) is 13.5. The largest absolute Gasteiger partial charge is 0.493 e. The number of carbonyl (C=O) groups excluding carboxylic acids is 1. The molecule has 1 amide bonds. The van der Waals surface area contributed by atoms with Crippen molar-refractivity contribution in [3.63, 3.8) is 0 Å². The number of fused-ring (bicyclic) bond motifs is 1. The third-order valence-corrected chi connectivity index (χ3v) is 4.28. The molecule has 0 radical (unpaired) electrons. The Morgan fingerprint density at radius 2 is 2.00 bits per heavy atom. The fourth-order valence-corrected chi connectivity index (χ4v) is 2.89. The molecular weight excluding hydrogens is 354 g/mol. The van der Waals surface area contributed by atoms with E-state index in [1.54, 1.807) is 13.2 Å². The van der Waals surface area contributed by atoms with Crippen LogP contribution in [0.3, 0.4) is 0 Å². The van der Waals surface area contributed by atoms with E-state index in [-0.39, 0.29) is 12.0 Å². The van der Waals surface area contributed by atoms with Crippen LogP contribution >= 0.6 is 0 Å². The summed E-state index contributed by atoms with van der Waals surface area (Å²) in [6.45, 7) is 4.28. The van der Waals surface area contributed by atoms with E-state index >= 15 is 0 Å². The van der Waals surface area contributed by atoms with E-state index in [0.717, 1.165) is 22.4 Å². The minimum absolute atomic E-state index is 0.0591. The van der Waals surface area contributed by atoms with Gasteiger partial charge in [-0.25, -0.2) is 4.98 Å². The molecular formula is C22H25N3O3. The van der Waals surface area contributed by atoms with Crippen molar-refractivity contribution in [1.82, 2.24) is 14.9 Å². The molecule has 1 N–H and O–H groups in total. The molecule has 0 aliphatic heterocycles. The van der Waals surface area contributed by atoms with Gasteiger partial charge in [0.05, 0.1) is 30.8 Å². The predicted molar refractivity (Wildman–Crippen MR) is 110 cm³/mol. The van der Waals surface area contributed by atoms with Crippen LogP contribution in [0.5, 0.6) is 11.5 Å². The normalized spacial score (nSPS) is 11.3. The van der Waals surface area contributed by atoms with Crippen LogP contribution < -0.4 is 14.8 Å². The number of para-hydroxylation sites is 2. The molecule has 0 saturated heterocycles. The van der Waals surface area contributed by atoms with Gasteiger partial charge in [-0.1, -0.05) is 18.2 Å². The maximum absolute atomic E-state index is 12.2. The third-order valence-electron chi connectivity index (χ3n) is 4.28. The monoisotopic (exact) mass is 379 g/mol. The second-order valence-corrected chi connectivity index (χ2v) is 6.70. The third kappa shape index (κ3) is 4.52. The van der Waals surface area contributed by atoms with E-state index in [9.17, 15) is 4.79 Å². The Morgan fingerprint density at radius 1 is 1.21 bits per heavy atom. The quantitative estimate of drug-likeness (QED) is 0.636. The van der Waals surface area contributed by atoms with Crippen molar-refractivity contribution in [1.29, 1.82) is 0 Å². The molecule has 0 saturated carbocycles. The van der Waals surface area contributed by atoms with E-state index < -0.39 is 0 Å². The molecule has 1 heterocycles. The summed E-state index contributed by atoms with van der Waals surface area (Å²) in [5, 5.41) is 2.87. The zero-order chi connectivity index (χ0) is 20.1. The Morgan fingerprint density at radius 3 is 2.71 bits per heavy atom. The molecule has 6 nitrogen and oxygen atoms in total. The summed E-state index contributed by atoms with van der Waals surface area (Å²) in [5.41, 5.74) is 2.81. The van der Waals surface area contributed by atoms with E-state index in [0.29, 0.717) is 18.0 Å². The van der Waals surface area contributed by atoms with Gasteiger partial charge < -0.3 is 19.4 Å². The van der Waals surface area contributed by atoms with Gasteiger partial charge in [0.25, 0.3) is 0 Å². The lowest BCUT2D eigenvalue weighted by atomic mass is 10.2. The predicted octanol–water partition coefficient (Wildman–Crippen LogP) is 3.70. The number of nitrogens with one attached hydrogen (secondary N) is 1. The molecule has 0 fully saturated rings. The minimum atomic E-state index is -0.187. The molecule has 28 heavy (non-hydrogen) atoms. The van der Waals surface area contributed by atoms with Crippen LogP contribution in [-0.2, 0) is 18.4 Å². The maximum atomic E-state index is 12.2. The zero-order valence-electron chi connectivity index (χ0n) is 16.6. The van der Waals surface area contributed by atoms with Crippen LogP contribution in [0.4, 0.5) is 0 Å². The Kier molecular flexibility index (Phi) is 5.99. The van der Waals surface area contributed by atoms with Gasteiger partial charge in [-0.15, -0.1) is 0 Å². The van der Waals surface area contributed by atoms with Crippen LogP contribution in [-0.4, -0.2) is 28.7 Å². The Labute approximate surface area is 164 Å². The Bertz CT molecular complexity index is 1010. The fourth-order valence-electron chi connectivity index (χ4n) is 2.89. The van der Waals surface area contributed by atoms with E-state index in [2.05, 4.69) is 10.3 Å². The van der Waals surface area contributed by atoms with Crippen LogP contribution in [0, 0.1) is 0 Å². The van der Waals surface area contributed by atoms with Crippen LogP contribution in [0.1, 0.15) is 25.2 Å². The minimum Gasteiger partial charge on any atom is -0.493 e. The standard InChI is InChI=1S/C22H25N3O3/c1-15(2)28-19-11-9-16(13-20(19)27-4)10-12-22(26)23-14-21-24-17-7-5-6-8-18(17)25(21)3/h5-13,15H,14H2,1-4H3,(H,23,26)/b12-10+. The Hall–Kier alpha value is -3.28. The second-order valence-electron chi connectivity index (χ2n) is 6.70. The molecule has 6 heteroatoms. The van der Waals surface area contributed by atoms with Gasteiger partial charge in [0.1, 0.15) is 5.82 Å². The molecule has 1 aromatic heterocycles. The number of amides is 1. The molecule has 0 aliphatic rings. The summed E-state index contributed by atoms with van der Waals surface area (Å²) in [7, 11) is 3.54. The molecule has 0 aliphatic carbocycles. The van der Waals surface area contributed by atoms with Gasteiger partial charge in [-0.3, -0.25) is 4.79 Å². The highest BCUT2D eigenvalue weighted by Crippen LogP contribution is 2.29. The number of hydrogen-bond acceptors (Lipinski definition) is 4. The topological polar surface area (TPSA) is 65.4 Å². The van der Waals surface area contributed by atoms with Gasteiger partial charge in [-0.2, -0.15) is 0 Å². The molecule has 3 aromatic rings. The Balaban J connectivity index is 1.64. The van der Waals surface area contributed by atoms with Crippen LogP contribution in [0.25, 0.3) is 17.1 Å². The van der Waals surface area contributed by atoms with Gasteiger partial charge in [0.2, 0.25) is 5.91 Å². The first-order valence-electron chi connectivity index (χ1n) is 9.19. The highest BCUT2D eigenvalue weighted by Gasteiger charge is 2.08. The molecule has 0 atom stereocenters. The van der Waals surface area contributed by atoms with Crippen molar-refractivity contribution in [2.24, 2.45) is 7.05 Å². The van der Waals surface area contributed by atoms with Gasteiger partial charge in [0.15, 0.2) is 11.5 Å². The number of hydrogen-bond donors (Lipinski definition) is 1. The van der Waals surface area contributed by atoms with Crippen LogP contribution in [0.15, 0.2) is 48.5 Å². The lowest BCUT2D eigenvalue weighted by Gasteiger charge is -2.13. The zero-order valence-corrected chi connectivity index (χ0v) is 16.6. The first-order chi connectivity index (χ1) is 13.5. The second kappa shape index (κ2) is 8.61. The highest BCUT2D eigenvalue weighted by molar-refractivity contribution is 5.91. The summed E-state index contributed by atoms with van der Waals surface area (Å²) in [6.07, 6.45) is 3.30. The number of imidazole rings is 1. The maximum Gasteiger partial charge on any atom is 0.244 e. The smallest absolute Gasteiger partial charge is 0.244 e. The lowest BCUT2D eigenvalue weighted by Crippen LogP contribution is -2.22. The summed E-state index contributed by atoms with van der Waals surface area (Å²) in [5.74, 6) is 1.94. The van der Waals surface area contributed by atoms with Gasteiger partial charge in [0, 0.05) is 13.1 Å².